The maximum atomic E-state index is 4.48. The quantitative estimate of drug-likeness (QED) is 0.874. The van der Waals surface area contributed by atoms with Crippen molar-refractivity contribution in [3.8, 4) is 5.82 Å². The van der Waals surface area contributed by atoms with Crippen LogP contribution in [0.5, 0.6) is 0 Å². The Labute approximate surface area is 108 Å². The molecule has 98 valence electrons. The van der Waals surface area contributed by atoms with Crippen LogP contribution in [0, 0.1) is 12.8 Å². The van der Waals surface area contributed by atoms with Crippen LogP contribution in [-0.2, 0) is 13.6 Å². The third kappa shape index (κ3) is 2.61. The van der Waals surface area contributed by atoms with E-state index < -0.39 is 0 Å². The van der Waals surface area contributed by atoms with Crippen molar-refractivity contribution in [1.29, 1.82) is 0 Å². The molecular formula is C13H21N5. The molecule has 5 heteroatoms. The summed E-state index contributed by atoms with van der Waals surface area (Å²) in [6.45, 7) is 8.29. The molecule has 0 saturated heterocycles. The lowest BCUT2D eigenvalue weighted by molar-refractivity contribution is 0.550. The van der Waals surface area contributed by atoms with Crippen molar-refractivity contribution in [2.75, 3.05) is 6.54 Å². The fourth-order valence-corrected chi connectivity index (χ4v) is 2.06. The average molecular weight is 247 g/mol. The summed E-state index contributed by atoms with van der Waals surface area (Å²) in [5.74, 6) is 1.68. The van der Waals surface area contributed by atoms with Gasteiger partial charge >= 0.3 is 0 Å². The van der Waals surface area contributed by atoms with E-state index in [-0.39, 0.29) is 0 Å². The molecule has 0 unspecified atom stereocenters. The van der Waals surface area contributed by atoms with E-state index in [4.69, 9.17) is 0 Å². The topological polar surface area (TPSA) is 47.7 Å². The Morgan fingerprint density at radius 3 is 2.78 bits per heavy atom. The van der Waals surface area contributed by atoms with Gasteiger partial charge in [0.2, 0.25) is 0 Å². The Hall–Kier alpha value is -1.62. The van der Waals surface area contributed by atoms with Gasteiger partial charge in [0.25, 0.3) is 0 Å². The van der Waals surface area contributed by atoms with E-state index in [1.807, 2.05) is 35.6 Å². The summed E-state index contributed by atoms with van der Waals surface area (Å²) in [6.07, 6.45) is 3.73. The zero-order chi connectivity index (χ0) is 13.1. The van der Waals surface area contributed by atoms with E-state index in [0.29, 0.717) is 5.92 Å². The Morgan fingerprint density at radius 2 is 2.17 bits per heavy atom. The van der Waals surface area contributed by atoms with Gasteiger partial charge in [-0.25, -0.2) is 4.68 Å². The van der Waals surface area contributed by atoms with Crippen LogP contribution in [0.3, 0.4) is 0 Å². The number of rotatable bonds is 5. The molecule has 18 heavy (non-hydrogen) atoms. The lowest BCUT2D eigenvalue weighted by Gasteiger charge is -2.09. The highest BCUT2D eigenvalue weighted by atomic mass is 15.4. The molecule has 2 rings (SSSR count). The molecule has 0 fully saturated rings. The average Bonchev–Trinajstić information content (AvgIpc) is 2.87. The minimum absolute atomic E-state index is 0.648. The second-order valence-corrected chi connectivity index (χ2v) is 4.99. The maximum Gasteiger partial charge on any atom is 0.156 e. The molecule has 0 bridgehead atoms. The fourth-order valence-electron chi connectivity index (χ4n) is 2.06. The first-order chi connectivity index (χ1) is 8.59. The highest BCUT2D eigenvalue weighted by Gasteiger charge is 2.14. The van der Waals surface area contributed by atoms with E-state index in [1.165, 1.54) is 5.56 Å². The molecule has 5 nitrogen and oxygen atoms in total. The predicted octanol–water partition coefficient (Wildman–Crippen LogP) is 1.66. The number of aromatic nitrogens is 4. The first kappa shape index (κ1) is 12.8. The van der Waals surface area contributed by atoms with Gasteiger partial charge in [-0.2, -0.15) is 10.2 Å². The van der Waals surface area contributed by atoms with Crippen molar-refractivity contribution in [2.45, 2.75) is 27.3 Å². The van der Waals surface area contributed by atoms with Gasteiger partial charge < -0.3 is 5.32 Å². The summed E-state index contributed by atoms with van der Waals surface area (Å²) in [7, 11) is 1.95. The standard InChI is InChI=1S/C13H21N5/c1-10(2)8-14-9-12-11(3)16-17(4)13(12)18-7-5-6-15-18/h5-7,10,14H,8-9H2,1-4H3. The first-order valence-corrected chi connectivity index (χ1v) is 6.32. The van der Waals surface area contributed by atoms with E-state index >= 15 is 0 Å². The maximum absolute atomic E-state index is 4.48. The minimum atomic E-state index is 0.648. The Bertz CT molecular complexity index is 496. The molecule has 0 aliphatic carbocycles. The highest BCUT2D eigenvalue weighted by molar-refractivity contribution is 5.37. The molecule has 0 aliphatic heterocycles. The summed E-state index contributed by atoms with van der Waals surface area (Å²) < 4.78 is 3.75. The van der Waals surface area contributed by atoms with Gasteiger partial charge in [0.05, 0.1) is 5.69 Å². The zero-order valence-corrected chi connectivity index (χ0v) is 11.5. The number of aryl methyl sites for hydroxylation is 2. The largest absolute Gasteiger partial charge is 0.312 e. The normalized spacial score (nSPS) is 11.4. The molecule has 0 radical (unpaired) electrons. The van der Waals surface area contributed by atoms with Crippen LogP contribution in [0.4, 0.5) is 0 Å². The molecule has 2 aromatic rings. The molecule has 0 aliphatic rings. The van der Waals surface area contributed by atoms with Crippen LogP contribution < -0.4 is 5.32 Å². The molecule has 0 atom stereocenters. The summed E-state index contributed by atoms with van der Waals surface area (Å²) in [5.41, 5.74) is 2.26. The van der Waals surface area contributed by atoms with Crippen LogP contribution in [0.25, 0.3) is 5.82 Å². The lowest BCUT2D eigenvalue weighted by Crippen LogP contribution is -2.20. The number of hydrogen-bond donors (Lipinski definition) is 1. The Kier molecular flexibility index (Phi) is 3.81. The van der Waals surface area contributed by atoms with Crippen molar-refractivity contribution >= 4 is 0 Å². The van der Waals surface area contributed by atoms with Crippen molar-refractivity contribution < 1.29 is 0 Å². The van der Waals surface area contributed by atoms with E-state index in [1.54, 1.807) is 6.20 Å². The van der Waals surface area contributed by atoms with E-state index in [0.717, 1.165) is 24.6 Å². The van der Waals surface area contributed by atoms with E-state index in [2.05, 4.69) is 29.4 Å². The molecule has 1 N–H and O–H groups in total. The Morgan fingerprint density at radius 1 is 1.39 bits per heavy atom. The molecule has 0 amide bonds. The van der Waals surface area contributed by atoms with Gasteiger partial charge in [-0.1, -0.05) is 13.8 Å². The molecule has 2 heterocycles. The summed E-state index contributed by atoms with van der Waals surface area (Å²) in [6, 6.07) is 1.92. The first-order valence-electron chi connectivity index (χ1n) is 6.32. The van der Waals surface area contributed by atoms with Crippen LogP contribution in [0.15, 0.2) is 18.5 Å². The van der Waals surface area contributed by atoms with Crippen LogP contribution in [0.1, 0.15) is 25.1 Å². The number of nitrogens with zero attached hydrogens (tertiary/aromatic N) is 4. The second kappa shape index (κ2) is 5.35. The van der Waals surface area contributed by atoms with Crippen molar-refractivity contribution in [3.05, 3.63) is 29.7 Å². The highest BCUT2D eigenvalue weighted by Crippen LogP contribution is 2.16. The van der Waals surface area contributed by atoms with Crippen LogP contribution >= 0.6 is 0 Å². The van der Waals surface area contributed by atoms with Crippen molar-refractivity contribution in [3.63, 3.8) is 0 Å². The lowest BCUT2D eigenvalue weighted by atomic mass is 10.2. The number of nitrogens with one attached hydrogen (secondary N) is 1. The third-order valence-electron chi connectivity index (χ3n) is 2.89. The molecule has 0 saturated carbocycles. The zero-order valence-electron chi connectivity index (χ0n) is 11.5. The molecule has 2 aromatic heterocycles. The van der Waals surface area contributed by atoms with Gasteiger partial charge in [-0.15, -0.1) is 0 Å². The SMILES string of the molecule is Cc1nn(C)c(-n2cccn2)c1CNCC(C)C. The van der Waals surface area contributed by atoms with Gasteiger partial charge in [-0.3, -0.25) is 4.68 Å². The van der Waals surface area contributed by atoms with Crippen molar-refractivity contribution in [2.24, 2.45) is 13.0 Å². The summed E-state index contributed by atoms with van der Waals surface area (Å²) in [4.78, 5) is 0. The monoisotopic (exact) mass is 247 g/mol. The van der Waals surface area contributed by atoms with Crippen LogP contribution in [-0.4, -0.2) is 26.1 Å². The summed E-state index contributed by atoms with van der Waals surface area (Å²) in [5, 5.41) is 12.2. The summed E-state index contributed by atoms with van der Waals surface area (Å²) >= 11 is 0. The van der Waals surface area contributed by atoms with Crippen molar-refractivity contribution in [1.82, 2.24) is 24.9 Å². The van der Waals surface area contributed by atoms with Gasteiger partial charge in [0.1, 0.15) is 0 Å². The van der Waals surface area contributed by atoms with Crippen LogP contribution in [0.2, 0.25) is 0 Å². The Balaban J connectivity index is 2.23. The van der Waals surface area contributed by atoms with Gasteiger partial charge in [0, 0.05) is 31.5 Å². The van der Waals surface area contributed by atoms with Gasteiger partial charge in [0.15, 0.2) is 5.82 Å². The second-order valence-electron chi connectivity index (χ2n) is 4.99. The molecular weight excluding hydrogens is 226 g/mol. The third-order valence-corrected chi connectivity index (χ3v) is 2.89. The predicted molar refractivity (Wildman–Crippen MR) is 71.6 cm³/mol. The minimum Gasteiger partial charge on any atom is -0.312 e. The van der Waals surface area contributed by atoms with Gasteiger partial charge in [-0.05, 0) is 25.5 Å². The van der Waals surface area contributed by atoms with E-state index in [9.17, 15) is 0 Å². The fraction of sp³-hybridized carbons (Fsp3) is 0.538. The number of hydrogen-bond acceptors (Lipinski definition) is 3. The smallest absolute Gasteiger partial charge is 0.156 e. The molecule has 0 aromatic carbocycles. The molecule has 0 spiro atoms.